The number of halogens is 3. The van der Waals surface area contributed by atoms with Gasteiger partial charge in [-0.1, -0.05) is 30.1 Å². The lowest BCUT2D eigenvalue weighted by molar-refractivity contribution is -0.141. The van der Waals surface area contributed by atoms with Crippen molar-refractivity contribution in [3.8, 4) is 5.75 Å². The maximum Gasteiger partial charge on any atom is 0.263 e. The van der Waals surface area contributed by atoms with E-state index in [-0.39, 0.29) is 24.4 Å². The fourth-order valence-corrected chi connectivity index (χ4v) is 3.33. The summed E-state index contributed by atoms with van der Waals surface area (Å²) in [6, 6.07) is 5.31. The molecule has 136 valence electrons. The average molecular weight is 396 g/mol. The SMILES string of the molecule is CCCN(C(=O)C(C)Oc1ccc(Cl)cc1Cl)C1CCNCC1.Cl. The highest BCUT2D eigenvalue weighted by Crippen LogP contribution is 2.28. The van der Waals surface area contributed by atoms with Crippen molar-refractivity contribution >= 4 is 41.5 Å². The van der Waals surface area contributed by atoms with Crippen LogP contribution in [0.4, 0.5) is 0 Å². The summed E-state index contributed by atoms with van der Waals surface area (Å²) < 4.78 is 5.78. The molecule has 1 fully saturated rings. The van der Waals surface area contributed by atoms with Crippen LogP contribution < -0.4 is 10.1 Å². The minimum Gasteiger partial charge on any atom is -0.479 e. The highest BCUT2D eigenvalue weighted by molar-refractivity contribution is 6.35. The molecule has 1 aliphatic rings. The van der Waals surface area contributed by atoms with Crippen molar-refractivity contribution in [2.75, 3.05) is 19.6 Å². The summed E-state index contributed by atoms with van der Waals surface area (Å²) in [5, 5.41) is 4.30. The lowest BCUT2D eigenvalue weighted by atomic mass is 10.0. The quantitative estimate of drug-likeness (QED) is 0.786. The first-order valence-corrected chi connectivity index (χ1v) is 8.91. The summed E-state index contributed by atoms with van der Waals surface area (Å²) in [4.78, 5) is 14.8. The third-order valence-electron chi connectivity index (χ3n) is 4.04. The molecule has 24 heavy (non-hydrogen) atoms. The van der Waals surface area contributed by atoms with Gasteiger partial charge in [-0.05, 0) is 57.5 Å². The summed E-state index contributed by atoms with van der Waals surface area (Å²) >= 11 is 12.0. The Morgan fingerprint density at radius 2 is 2.04 bits per heavy atom. The van der Waals surface area contributed by atoms with Crippen molar-refractivity contribution in [1.82, 2.24) is 10.2 Å². The number of carbonyl (C=O) groups excluding carboxylic acids is 1. The van der Waals surface area contributed by atoms with E-state index in [1.165, 1.54) is 0 Å². The van der Waals surface area contributed by atoms with Crippen LogP contribution >= 0.6 is 35.6 Å². The molecule has 1 unspecified atom stereocenters. The molecule has 0 aliphatic carbocycles. The molecule has 1 heterocycles. The fraction of sp³-hybridized carbons (Fsp3) is 0.588. The molecule has 1 atom stereocenters. The van der Waals surface area contributed by atoms with Gasteiger partial charge in [-0.2, -0.15) is 0 Å². The number of nitrogens with zero attached hydrogens (tertiary/aromatic N) is 1. The third-order valence-corrected chi connectivity index (χ3v) is 4.57. The second-order valence-electron chi connectivity index (χ2n) is 5.85. The Morgan fingerprint density at radius 3 is 2.62 bits per heavy atom. The standard InChI is InChI=1S/C17H24Cl2N2O2.ClH/c1-3-10-21(14-6-8-20-9-7-14)17(22)12(2)23-16-5-4-13(18)11-15(16)19;/h4-5,11-12,14,20H,3,6-10H2,1-2H3;1H. The molecule has 1 saturated heterocycles. The van der Waals surface area contributed by atoms with Crippen molar-refractivity contribution in [1.29, 1.82) is 0 Å². The molecule has 0 aromatic heterocycles. The van der Waals surface area contributed by atoms with Crippen LogP contribution in [0.15, 0.2) is 18.2 Å². The van der Waals surface area contributed by atoms with Gasteiger partial charge in [0.05, 0.1) is 5.02 Å². The monoisotopic (exact) mass is 394 g/mol. The van der Waals surface area contributed by atoms with E-state index in [1.807, 2.05) is 4.90 Å². The number of carbonyl (C=O) groups is 1. The molecular formula is C17H25Cl3N2O2. The Morgan fingerprint density at radius 1 is 1.38 bits per heavy atom. The van der Waals surface area contributed by atoms with Crippen LogP contribution in [-0.4, -0.2) is 42.6 Å². The Kier molecular flexibility index (Phi) is 9.21. The van der Waals surface area contributed by atoms with E-state index in [0.717, 1.165) is 38.9 Å². The molecule has 1 aromatic rings. The highest BCUT2D eigenvalue weighted by atomic mass is 35.5. The predicted molar refractivity (Wildman–Crippen MR) is 102 cm³/mol. The number of ether oxygens (including phenoxy) is 1. The Bertz CT molecular complexity index is 537. The van der Waals surface area contributed by atoms with Gasteiger partial charge in [0.2, 0.25) is 0 Å². The molecule has 1 amide bonds. The Hall–Kier alpha value is -0.680. The van der Waals surface area contributed by atoms with E-state index in [4.69, 9.17) is 27.9 Å². The zero-order valence-corrected chi connectivity index (χ0v) is 16.4. The van der Waals surface area contributed by atoms with Gasteiger partial charge in [-0.3, -0.25) is 4.79 Å². The lowest BCUT2D eigenvalue weighted by Gasteiger charge is -2.36. The third kappa shape index (κ3) is 5.69. The number of rotatable bonds is 6. The van der Waals surface area contributed by atoms with Gasteiger partial charge in [0.1, 0.15) is 5.75 Å². The second-order valence-corrected chi connectivity index (χ2v) is 6.69. The molecular weight excluding hydrogens is 371 g/mol. The molecule has 1 aliphatic heterocycles. The summed E-state index contributed by atoms with van der Waals surface area (Å²) in [6.07, 6.45) is 2.33. The van der Waals surface area contributed by atoms with Crippen LogP contribution in [0, 0.1) is 0 Å². The van der Waals surface area contributed by atoms with Gasteiger partial charge in [0.15, 0.2) is 6.10 Å². The summed E-state index contributed by atoms with van der Waals surface area (Å²) in [7, 11) is 0. The van der Waals surface area contributed by atoms with Crippen LogP contribution in [0.2, 0.25) is 10.0 Å². The van der Waals surface area contributed by atoms with Gasteiger partial charge in [0.25, 0.3) is 5.91 Å². The summed E-state index contributed by atoms with van der Waals surface area (Å²) in [5.74, 6) is 0.503. The van der Waals surface area contributed by atoms with Crippen molar-refractivity contribution < 1.29 is 9.53 Å². The molecule has 1 aromatic carbocycles. The smallest absolute Gasteiger partial charge is 0.263 e. The normalized spacial score (nSPS) is 16.2. The van der Waals surface area contributed by atoms with Crippen molar-refractivity contribution in [3.63, 3.8) is 0 Å². The molecule has 1 N–H and O–H groups in total. The van der Waals surface area contributed by atoms with Crippen molar-refractivity contribution in [2.24, 2.45) is 0 Å². The van der Waals surface area contributed by atoms with Gasteiger partial charge < -0.3 is 15.0 Å². The van der Waals surface area contributed by atoms with Gasteiger partial charge in [0, 0.05) is 17.6 Å². The van der Waals surface area contributed by atoms with Crippen LogP contribution in [0.5, 0.6) is 5.75 Å². The molecule has 7 heteroatoms. The van der Waals surface area contributed by atoms with Crippen LogP contribution in [0.25, 0.3) is 0 Å². The maximum atomic E-state index is 12.8. The van der Waals surface area contributed by atoms with E-state index >= 15 is 0 Å². The molecule has 0 saturated carbocycles. The van der Waals surface area contributed by atoms with E-state index in [1.54, 1.807) is 25.1 Å². The Balaban J connectivity index is 0.00000288. The summed E-state index contributed by atoms with van der Waals surface area (Å²) in [5.41, 5.74) is 0. The number of hydrogen-bond acceptors (Lipinski definition) is 3. The van der Waals surface area contributed by atoms with Crippen LogP contribution in [0.1, 0.15) is 33.1 Å². The van der Waals surface area contributed by atoms with E-state index in [0.29, 0.717) is 15.8 Å². The van der Waals surface area contributed by atoms with E-state index in [9.17, 15) is 4.79 Å². The summed E-state index contributed by atoms with van der Waals surface area (Å²) in [6.45, 7) is 6.53. The highest BCUT2D eigenvalue weighted by Gasteiger charge is 2.29. The minimum absolute atomic E-state index is 0. The minimum atomic E-state index is -0.574. The fourth-order valence-electron chi connectivity index (χ4n) is 2.88. The molecule has 2 rings (SSSR count). The van der Waals surface area contributed by atoms with Crippen LogP contribution in [-0.2, 0) is 4.79 Å². The van der Waals surface area contributed by atoms with Gasteiger partial charge >= 0.3 is 0 Å². The zero-order chi connectivity index (χ0) is 16.8. The van der Waals surface area contributed by atoms with Gasteiger partial charge in [-0.15, -0.1) is 12.4 Å². The first-order valence-electron chi connectivity index (χ1n) is 8.15. The average Bonchev–Trinajstić information content (AvgIpc) is 2.55. The second kappa shape index (κ2) is 10.3. The molecule has 0 radical (unpaired) electrons. The Labute approximate surface area is 160 Å². The first-order chi connectivity index (χ1) is 11.0. The largest absolute Gasteiger partial charge is 0.479 e. The number of benzene rings is 1. The molecule has 4 nitrogen and oxygen atoms in total. The molecule has 0 bridgehead atoms. The topological polar surface area (TPSA) is 41.6 Å². The predicted octanol–water partition coefficient (Wildman–Crippen LogP) is 4.17. The van der Waals surface area contributed by atoms with Crippen molar-refractivity contribution in [2.45, 2.75) is 45.3 Å². The lowest BCUT2D eigenvalue weighted by Crippen LogP contribution is -2.50. The maximum absolute atomic E-state index is 12.8. The van der Waals surface area contributed by atoms with Crippen molar-refractivity contribution in [3.05, 3.63) is 28.2 Å². The zero-order valence-electron chi connectivity index (χ0n) is 14.1. The number of amides is 1. The van der Waals surface area contributed by atoms with Gasteiger partial charge in [-0.25, -0.2) is 0 Å². The van der Waals surface area contributed by atoms with E-state index < -0.39 is 6.10 Å². The van der Waals surface area contributed by atoms with E-state index in [2.05, 4.69) is 12.2 Å². The number of nitrogens with one attached hydrogen (secondary N) is 1. The first kappa shape index (κ1) is 21.4. The van der Waals surface area contributed by atoms with Crippen LogP contribution in [0.3, 0.4) is 0 Å². The number of hydrogen-bond donors (Lipinski definition) is 1. The number of piperidine rings is 1. The molecule has 0 spiro atoms.